The molecule has 2 aromatic rings. The summed E-state index contributed by atoms with van der Waals surface area (Å²) in [6.07, 6.45) is 1.68. The number of phenols is 2. The Labute approximate surface area is 148 Å². The molecule has 0 saturated carbocycles. The average Bonchev–Trinajstić information content (AvgIpc) is 2.91. The molecule has 3 N–H and O–H groups in total. The van der Waals surface area contributed by atoms with Gasteiger partial charge in [-0.3, -0.25) is 4.79 Å². The molecule has 0 bridgehead atoms. The Morgan fingerprint density at radius 2 is 1.96 bits per heavy atom. The van der Waals surface area contributed by atoms with E-state index in [2.05, 4.69) is 10.3 Å². The zero-order chi connectivity index (χ0) is 18.0. The first-order valence-corrected chi connectivity index (χ1v) is 8.24. The summed E-state index contributed by atoms with van der Waals surface area (Å²) in [4.78, 5) is 16.9. The van der Waals surface area contributed by atoms with Gasteiger partial charge in [0.15, 0.2) is 16.7 Å². The number of amidine groups is 1. The molecule has 6 nitrogen and oxygen atoms in total. The highest BCUT2D eigenvalue weighted by molar-refractivity contribution is 8.18. The van der Waals surface area contributed by atoms with Gasteiger partial charge in [0, 0.05) is 0 Å². The minimum absolute atomic E-state index is 0.0327. The summed E-state index contributed by atoms with van der Waals surface area (Å²) in [5.41, 5.74) is 2.03. The highest BCUT2D eigenvalue weighted by Gasteiger charge is 2.24. The molecule has 128 valence electrons. The summed E-state index contributed by atoms with van der Waals surface area (Å²) in [6, 6.07) is 9.95. The van der Waals surface area contributed by atoms with E-state index in [1.54, 1.807) is 30.3 Å². The van der Waals surface area contributed by atoms with Gasteiger partial charge < -0.3 is 20.3 Å². The molecule has 0 unspecified atom stereocenters. The minimum Gasteiger partial charge on any atom is -0.506 e. The van der Waals surface area contributed by atoms with E-state index >= 15 is 0 Å². The van der Waals surface area contributed by atoms with Crippen LogP contribution in [0.5, 0.6) is 17.2 Å². The van der Waals surface area contributed by atoms with E-state index in [0.29, 0.717) is 27.1 Å². The smallest absolute Gasteiger partial charge is 0.264 e. The summed E-state index contributed by atoms with van der Waals surface area (Å²) in [5.74, 6) is 0.145. The van der Waals surface area contributed by atoms with Gasteiger partial charge in [0.1, 0.15) is 11.4 Å². The van der Waals surface area contributed by atoms with Crippen LogP contribution in [0.1, 0.15) is 11.1 Å². The average molecular weight is 356 g/mol. The Balaban J connectivity index is 1.86. The van der Waals surface area contributed by atoms with Gasteiger partial charge in [-0.15, -0.1) is 0 Å². The highest BCUT2D eigenvalue weighted by atomic mass is 32.2. The number of rotatable bonds is 3. The molecule has 1 aliphatic rings. The molecule has 1 saturated heterocycles. The molecular weight excluding hydrogens is 340 g/mol. The molecule has 25 heavy (non-hydrogen) atoms. The number of thioether (sulfide) groups is 1. The number of aliphatic imine (C=N–C) groups is 1. The lowest BCUT2D eigenvalue weighted by Gasteiger charge is -2.04. The highest BCUT2D eigenvalue weighted by Crippen LogP contribution is 2.33. The zero-order valence-electron chi connectivity index (χ0n) is 13.6. The van der Waals surface area contributed by atoms with Crippen LogP contribution in [0, 0.1) is 6.92 Å². The van der Waals surface area contributed by atoms with Crippen molar-refractivity contribution in [3.8, 4) is 17.2 Å². The number of carbonyl (C=O) groups is 1. The first-order chi connectivity index (χ1) is 12.0. The van der Waals surface area contributed by atoms with Crippen LogP contribution >= 0.6 is 11.8 Å². The lowest BCUT2D eigenvalue weighted by atomic mass is 10.2. The first kappa shape index (κ1) is 16.9. The van der Waals surface area contributed by atoms with Crippen molar-refractivity contribution >= 4 is 34.6 Å². The molecule has 0 spiro atoms. The Hall–Kier alpha value is -2.93. The number of aryl methyl sites for hydroxylation is 1. The third-order valence-corrected chi connectivity index (χ3v) is 4.42. The van der Waals surface area contributed by atoms with Crippen LogP contribution in [0.2, 0.25) is 0 Å². The van der Waals surface area contributed by atoms with Gasteiger partial charge in [-0.1, -0.05) is 12.1 Å². The molecule has 0 radical (unpaired) electrons. The fourth-order valence-corrected chi connectivity index (χ4v) is 3.09. The molecule has 2 aromatic carbocycles. The zero-order valence-corrected chi connectivity index (χ0v) is 14.4. The maximum atomic E-state index is 12.1. The monoisotopic (exact) mass is 356 g/mol. The fourth-order valence-electron chi connectivity index (χ4n) is 2.25. The maximum Gasteiger partial charge on any atom is 0.264 e. The lowest BCUT2D eigenvalue weighted by molar-refractivity contribution is -0.115. The second kappa shape index (κ2) is 6.90. The summed E-state index contributed by atoms with van der Waals surface area (Å²) in [6.45, 7) is 1.87. The van der Waals surface area contributed by atoms with Crippen molar-refractivity contribution in [1.29, 1.82) is 0 Å². The van der Waals surface area contributed by atoms with Gasteiger partial charge in [0.25, 0.3) is 5.91 Å². The first-order valence-electron chi connectivity index (χ1n) is 7.42. The van der Waals surface area contributed by atoms with E-state index in [1.807, 2.05) is 13.0 Å². The van der Waals surface area contributed by atoms with E-state index in [0.717, 1.165) is 5.56 Å². The van der Waals surface area contributed by atoms with Crippen molar-refractivity contribution in [1.82, 2.24) is 5.32 Å². The van der Waals surface area contributed by atoms with E-state index in [1.165, 1.54) is 24.9 Å². The number of methoxy groups -OCH3 is 1. The molecule has 1 amide bonds. The lowest BCUT2D eigenvalue weighted by Crippen LogP contribution is -2.19. The molecule has 1 heterocycles. The van der Waals surface area contributed by atoms with Gasteiger partial charge in [0.05, 0.1) is 12.0 Å². The van der Waals surface area contributed by atoms with Crippen LogP contribution in [0.3, 0.4) is 0 Å². The fraction of sp³-hybridized carbons (Fsp3) is 0.111. The summed E-state index contributed by atoms with van der Waals surface area (Å²) >= 11 is 1.18. The van der Waals surface area contributed by atoms with E-state index in [4.69, 9.17) is 4.74 Å². The second-order valence-electron chi connectivity index (χ2n) is 5.41. The van der Waals surface area contributed by atoms with Crippen molar-refractivity contribution < 1.29 is 19.7 Å². The molecule has 0 atom stereocenters. The number of nitrogens with zero attached hydrogens (tertiary/aromatic N) is 1. The number of aromatic hydroxyl groups is 2. The van der Waals surface area contributed by atoms with Gasteiger partial charge in [-0.2, -0.15) is 0 Å². The summed E-state index contributed by atoms with van der Waals surface area (Å²) < 4.78 is 5.06. The number of phenolic OH excluding ortho intramolecular Hbond substituents is 2. The van der Waals surface area contributed by atoms with Crippen molar-refractivity contribution in [3.05, 3.63) is 52.4 Å². The number of carbonyl (C=O) groups excluding carboxylic acids is 1. The van der Waals surface area contributed by atoms with E-state index in [9.17, 15) is 15.0 Å². The van der Waals surface area contributed by atoms with Crippen LogP contribution in [0.15, 0.2) is 46.3 Å². The van der Waals surface area contributed by atoms with Crippen LogP contribution in [0.25, 0.3) is 6.08 Å². The number of amides is 1. The molecule has 7 heteroatoms. The number of nitrogens with one attached hydrogen (secondary N) is 1. The quantitative estimate of drug-likeness (QED) is 0.734. The number of ether oxygens (including phenoxy) is 1. The van der Waals surface area contributed by atoms with Gasteiger partial charge in [-0.05, 0) is 60.2 Å². The SMILES string of the molecule is COc1cc(/C=C2\SC(=Nc3ccc(C)cc3O)NC2=O)ccc1O. The van der Waals surface area contributed by atoms with Crippen LogP contribution in [-0.2, 0) is 4.79 Å². The van der Waals surface area contributed by atoms with E-state index < -0.39 is 0 Å². The Kier molecular flexibility index (Phi) is 4.67. The minimum atomic E-state index is -0.276. The Morgan fingerprint density at radius 3 is 2.68 bits per heavy atom. The second-order valence-corrected chi connectivity index (χ2v) is 6.44. The van der Waals surface area contributed by atoms with Gasteiger partial charge in [-0.25, -0.2) is 4.99 Å². The number of hydrogen-bond acceptors (Lipinski definition) is 6. The van der Waals surface area contributed by atoms with Crippen LogP contribution in [0.4, 0.5) is 5.69 Å². The van der Waals surface area contributed by atoms with Crippen molar-refractivity contribution in [3.63, 3.8) is 0 Å². The molecule has 1 aliphatic heterocycles. The van der Waals surface area contributed by atoms with Crippen LogP contribution in [-0.4, -0.2) is 28.4 Å². The predicted molar refractivity (Wildman–Crippen MR) is 98.3 cm³/mol. The van der Waals surface area contributed by atoms with Gasteiger partial charge in [0.2, 0.25) is 0 Å². The third kappa shape index (κ3) is 3.77. The summed E-state index contributed by atoms with van der Waals surface area (Å²) in [5, 5.41) is 22.6. The predicted octanol–water partition coefficient (Wildman–Crippen LogP) is 3.31. The van der Waals surface area contributed by atoms with Gasteiger partial charge >= 0.3 is 0 Å². The van der Waals surface area contributed by atoms with E-state index in [-0.39, 0.29) is 17.4 Å². The number of benzene rings is 2. The normalized spacial score (nSPS) is 17.1. The summed E-state index contributed by atoms with van der Waals surface area (Å²) in [7, 11) is 1.46. The topological polar surface area (TPSA) is 91.2 Å². The maximum absolute atomic E-state index is 12.1. The molecule has 1 fully saturated rings. The number of hydrogen-bond donors (Lipinski definition) is 3. The van der Waals surface area contributed by atoms with Crippen molar-refractivity contribution in [2.45, 2.75) is 6.92 Å². The molecular formula is C18H16N2O4S. The molecule has 0 aliphatic carbocycles. The Bertz CT molecular complexity index is 906. The Morgan fingerprint density at radius 1 is 1.16 bits per heavy atom. The largest absolute Gasteiger partial charge is 0.506 e. The molecule has 3 rings (SSSR count). The van der Waals surface area contributed by atoms with Crippen molar-refractivity contribution in [2.24, 2.45) is 4.99 Å². The van der Waals surface area contributed by atoms with Crippen LogP contribution < -0.4 is 10.1 Å². The third-order valence-electron chi connectivity index (χ3n) is 3.51. The standard InChI is InChI=1S/C18H16N2O4S/c1-10-3-5-12(14(22)7-10)19-18-20-17(23)16(25-18)9-11-4-6-13(21)15(8-11)24-2/h3-9,21-22H,1-2H3,(H,19,20,23)/b16-9-. The molecule has 0 aromatic heterocycles. The van der Waals surface area contributed by atoms with Crippen molar-refractivity contribution in [2.75, 3.05) is 7.11 Å².